The molecule has 1 aromatic carbocycles. The van der Waals surface area contributed by atoms with Crippen LogP contribution in [0.5, 0.6) is 0 Å². The van der Waals surface area contributed by atoms with Crippen molar-refractivity contribution in [1.82, 2.24) is 0 Å². The van der Waals surface area contributed by atoms with Crippen LogP contribution in [0.25, 0.3) is 0 Å². The molecule has 0 heterocycles. The molecule has 1 rings (SSSR count). The molecular formula is C9H10O2S. The zero-order chi connectivity index (χ0) is 8.97. The average Bonchev–Trinajstić information content (AvgIpc) is 2.05. The third-order valence-corrected chi connectivity index (χ3v) is 1.65. The molecular weight excluding hydrogens is 172 g/mol. The molecule has 64 valence electrons. The molecule has 0 bridgehead atoms. The van der Waals surface area contributed by atoms with Gasteiger partial charge in [-0.3, -0.25) is 0 Å². The Bertz CT molecular complexity index is 258. The van der Waals surface area contributed by atoms with Crippen molar-refractivity contribution in [2.45, 2.75) is 13.0 Å². The number of hydrogen-bond donors (Lipinski definition) is 1. The van der Waals surface area contributed by atoms with E-state index in [2.05, 4.69) is 12.6 Å². The van der Waals surface area contributed by atoms with Crippen LogP contribution in [-0.4, -0.2) is 5.30 Å². The molecule has 0 aliphatic rings. The topological polar surface area (TPSA) is 26.3 Å². The fourth-order valence-corrected chi connectivity index (χ4v) is 1.10. The molecule has 0 aromatic heterocycles. The third kappa shape index (κ3) is 2.58. The second-order valence-corrected chi connectivity index (χ2v) is 2.80. The minimum absolute atomic E-state index is 0.226. The Balaban J connectivity index is 2.65. The van der Waals surface area contributed by atoms with E-state index >= 15 is 0 Å². The van der Waals surface area contributed by atoms with Crippen molar-refractivity contribution in [2.24, 2.45) is 0 Å². The zero-order valence-electron chi connectivity index (χ0n) is 6.73. The maximum Gasteiger partial charge on any atom is 0.364 e. The smallest absolute Gasteiger partial charge is 0.364 e. The molecule has 12 heavy (non-hydrogen) atoms. The van der Waals surface area contributed by atoms with Crippen LogP contribution in [-0.2, 0) is 4.74 Å². The van der Waals surface area contributed by atoms with Crippen LogP contribution in [0.2, 0.25) is 0 Å². The number of carbonyl (C=O) groups excluding carboxylic acids is 1. The molecule has 1 atom stereocenters. The lowest BCUT2D eigenvalue weighted by atomic mass is 10.1. The van der Waals surface area contributed by atoms with Crippen molar-refractivity contribution in [2.75, 3.05) is 0 Å². The zero-order valence-corrected chi connectivity index (χ0v) is 7.62. The van der Waals surface area contributed by atoms with Crippen molar-refractivity contribution >= 4 is 17.9 Å². The minimum atomic E-state index is -0.550. The maximum atomic E-state index is 10.5. The van der Waals surface area contributed by atoms with E-state index in [0.717, 1.165) is 5.56 Å². The van der Waals surface area contributed by atoms with Crippen LogP contribution >= 0.6 is 12.6 Å². The standard InChI is InChI=1S/C9H10O2S/c1-7(11-9(10)12)8-5-3-2-4-6-8/h2-7H,1H3,(H,10,12). The maximum absolute atomic E-state index is 10.5. The number of carbonyl (C=O) groups is 1. The Morgan fingerprint density at radius 3 is 2.50 bits per heavy atom. The largest absolute Gasteiger partial charge is 0.450 e. The van der Waals surface area contributed by atoms with Crippen LogP contribution in [0.3, 0.4) is 0 Å². The van der Waals surface area contributed by atoms with Crippen LogP contribution in [0.15, 0.2) is 30.3 Å². The predicted molar refractivity (Wildman–Crippen MR) is 50.3 cm³/mol. The second-order valence-electron chi connectivity index (χ2n) is 2.44. The normalized spacial score (nSPS) is 12.2. The summed E-state index contributed by atoms with van der Waals surface area (Å²) < 4.78 is 4.86. The van der Waals surface area contributed by atoms with Gasteiger partial charge in [-0.25, -0.2) is 4.79 Å². The van der Waals surface area contributed by atoms with Crippen LogP contribution in [0.1, 0.15) is 18.6 Å². The molecule has 2 nitrogen and oxygen atoms in total. The van der Waals surface area contributed by atoms with Gasteiger partial charge in [0.2, 0.25) is 0 Å². The third-order valence-electron chi connectivity index (χ3n) is 1.55. The van der Waals surface area contributed by atoms with Gasteiger partial charge in [-0.05, 0) is 12.5 Å². The van der Waals surface area contributed by atoms with Gasteiger partial charge >= 0.3 is 5.30 Å². The van der Waals surface area contributed by atoms with E-state index in [1.807, 2.05) is 37.3 Å². The lowest BCUT2D eigenvalue weighted by Gasteiger charge is -2.10. The number of rotatable bonds is 2. The highest BCUT2D eigenvalue weighted by molar-refractivity contribution is 7.96. The first kappa shape index (κ1) is 9.13. The Hall–Kier alpha value is -0.960. The first-order valence-corrected chi connectivity index (χ1v) is 4.09. The molecule has 0 N–H and O–H groups in total. The van der Waals surface area contributed by atoms with E-state index in [4.69, 9.17) is 4.74 Å². The summed E-state index contributed by atoms with van der Waals surface area (Å²) >= 11 is 3.53. The fourth-order valence-electron chi connectivity index (χ4n) is 0.943. The number of thiol groups is 1. The molecule has 3 heteroatoms. The van der Waals surface area contributed by atoms with Gasteiger partial charge in [0.25, 0.3) is 0 Å². The van der Waals surface area contributed by atoms with Crippen LogP contribution < -0.4 is 0 Å². The van der Waals surface area contributed by atoms with E-state index in [1.165, 1.54) is 0 Å². The van der Waals surface area contributed by atoms with Gasteiger partial charge in [0.1, 0.15) is 6.10 Å². The summed E-state index contributed by atoms with van der Waals surface area (Å²) in [6.45, 7) is 1.81. The number of ether oxygens (including phenoxy) is 1. The second kappa shape index (κ2) is 4.16. The fraction of sp³-hybridized carbons (Fsp3) is 0.222. The van der Waals surface area contributed by atoms with E-state index in [-0.39, 0.29) is 6.10 Å². The Labute approximate surface area is 77.0 Å². The molecule has 1 unspecified atom stereocenters. The van der Waals surface area contributed by atoms with Gasteiger partial charge < -0.3 is 4.74 Å². The predicted octanol–water partition coefficient (Wildman–Crippen LogP) is 2.81. The van der Waals surface area contributed by atoms with Gasteiger partial charge in [0, 0.05) is 0 Å². The summed E-state index contributed by atoms with van der Waals surface area (Å²) in [7, 11) is 0. The highest BCUT2D eigenvalue weighted by Gasteiger charge is 2.06. The van der Waals surface area contributed by atoms with Crippen molar-refractivity contribution in [3.8, 4) is 0 Å². The van der Waals surface area contributed by atoms with Gasteiger partial charge in [0.15, 0.2) is 0 Å². The van der Waals surface area contributed by atoms with E-state index in [9.17, 15) is 4.79 Å². The number of hydrogen-bond acceptors (Lipinski definition) is 2. The minimum Gasteiger partial charge on any atom is -0.450 e. The summed E-state index contributed by atoms with van der Waals surface area (Å²) in [5.41, 5.74) is 0.972. The van der Waals surface area contributed by atoms with Crippen molar-refractivity contribution in [1.29, 1.82) is 0 Å². The first-order chi connectivity index (χ1) is 5.70. The monoisotopic (exact) mass is 182 g/mol. The lowest BCUT2D eigenvalue weighted by Crippen LogP contribution is -2.01. The van der Waals surface area contributed by atoms with Gasteiger partial charge in [-0.2, -0.15) is 0 Å². The van der Waals surface area contributed by atoms with E-state index in [0.29, 0.717) is 0 Å². The summed E-state index contributed by atoms with van der Waals surface area (Å²) in [6.07, 6.45) is -0.226. The highest BCUT2D eigenvalue weighted by Crippen LogP contribution is 2.16. The van der Waals surface area contributed by atoms with Gasteiger partial charge in [0.05, 0.1) is 0 Å². The summed E-state index contributed by atoms with van der Waals surface area (Å²) in [6, 6.07) is 9.53. The van der Waals surface area contributed by atoms with E-state index in [1.54, 1.807) is 0 Å². The molecule has 0 aliphatic carbocycles. The Morgan fingerprint density at radius 2 is 2.00 bits per heavy atom. The summed E-state index contributed by atoms with van der Waals surface area (Å²) in [4.78, 5) is 10.5. The number of benzene rings is 1. The van der Waals surface area contributed by atoms with Crippen molar-refractivity contribution < 1.29 is 9.53 Å². The molecule has 0 saturated carbocycles. The van der Waals surface area contributed by atoms with E-state index < -0.39 is 5.30 Å². The molecule has 0 spiro atoms. The Morgan fingerprint density at radius 1 is 1.42 bits per heavy atom. The lowest BCUT2D eigenvalue weighted by molar-refractivity contribution is 0.134. The molecule has 0 aliphatic heterocycles. The quantitative estimate of drug-likeness (QED) is 0.562. The van der Waals surface area contributed by atoms with Crippen LogP contribution in [0, 0.1) is 0 Å². The van der Waals surface area contributed by atoms with Crippen molar-refractivity contribution in [3.63, 3.8) is 0 Å². The highest BCUT2D eigenvalue weighted by atomic mass is 32.1. The van der Waals surface area contributed by atoms with Gasteiger partial charge in [-0.1, -0.05) is 43.0 Å². The molecule has 0 fully saturated rings. The molecule has 0 saturated heterocycles. The summed E-state index contributed by atoms with van der Waals surface area (Å²) in [5.74, 6) is 0. The molecule has 1 aromatic rings. The summed E-state index contributed by atoms with van der Waals surface area (Å²) in [5, 5.41) is -0.550. The molecule has 0 amide bonds. The first-order valence-electron chi connectivity index (χ1n) is 3.64. The molecule has 0 radical (unpaired) electrons. The van der Waals surface area contributed by atoms with Crippen molar-refractivity contribution in [3.05, 3.63) is 35.9 Å². The SMILES string of the molecule is CC(OC(=O)S)c1ccccc1. The average molecular weight is 182 g/mol. The van der Waals surface area contributed by atoms with Crippen LogP contribution in [0.4, 0.5) is 4.79 Å². The van der Waals surface area contributed by atoms with Gasteiger partial charge in [-0.15, -0.1) is 0 Å². The Kier molecular flexibility index (Phi) is 3.17.